The number of carbonyl (C=O) groups is 3. The highest BCUT2D eigenvalue weighted by Crippen LogP contribution is 2.11. The van der Waals surface area contributed by atoms with Crippen molar-refractivity contribution in [3.05, 3.63) is 42.5 Å². The number of carboxylic acid groups (broad SMARTS) is 2. The van der Waals surface area contributed by atoms with Crippen molar-refractivity contribution in [2.45, 2.75) is 38.6 Å². The fourth-order valence-electron chi connectivity index (χ4n) is 2.82. The lowest BCUT2D eigenvalue weighted by Gasteiger charge is -2.33. The van der Waals surface area contributed by atoms with Gasteiger partial charge in [0.15, 0.2) is 9.84 Å². The Balaban J connectivity index is 0.00000116. The van der Waals surface area contributed by atoms with E-state index in [0.717, 1.165) is 19.6 Å². The third-order valence-corrected chi connectivity index (χ3v) is 6.62. The van der Waals surface area contributed by atoms with Crippen molar-refractivity contribution >= 4 is 27.8 Å². The predicted octanol–water partition coefficient (Wildman–Crippen LogP) is 2.28. The van der Waals surface area contributed by atoms with Gasteiger partial charge in [-0.25, -0.2) is 22.8 Å². The first kappa shape index (κ1) is 31.1. The van der Waals surface area contributed by atoms with E-state index in [4.69, 9.17) is 10.2 Å². The van der Waals surface area contributed by atoms with Crippen molar-refractivity contribution in [3.63, 3.8) is 0 Å². The van der Waals surface area contributed by atoms with Crippen LogP contribution in [0.25, 0.3) is 0 Å². The van der Waals surface area contributed by atoms with E-state index in [0.29, 0.717) is 23.6 Å². The van der Waals surface area contributed by atoms with E-state index in [1.807, 2.05) is 13.8 Å². The van der Waals surface area contributed by atoms with Crippen molar-refractivity contribution < 1.29 is 33.0 Å². The number of hydrogen-bond donors (Lipinski definition) is 2. The number of benzene rings is 1. The van der Waals surface area contributed by atoms with Crippen LogP contribution in [0.1, 0.15) is 27.7 Å². The van der Waals surface area contributed by atoms with Crippen LogP contribution in [-0.4, -0.2) is 103 Å². The topological polar surface area (TPSA) is 136 Å². The Kier molecular flexibility index (Phi) is 14.5. The van der Waals surface area contributed by atoms with Crippen LogP contribution in [0.2, 0.25) is 0 Å². The zero-order valence-electron chi connectivity index (χ0n) is 20.5. The van der Waals surface area contributed by atoms with E-state index in [1.54, 1.807) is 42.3 Å². The van der Waals surface area contributed by atoms with Gasteiger partial charge >= 0.3 is 18.0 Å². The molecule has 2 N–H and O–H groups in total. The lowest BCUT2D eigenvalue weighted by Crippen LogP contribution is -2.48. The maximum absolute atomic E-state index is 12.8. The second kappa shape index (κ2) is 15.8. The predicted molar refractivity (Wildman–Crippen MR) is 131 cm³/mol. The first-order valence-electron chi connectivity index (χ1n) is 11.0. The van der Waals surface area contributed by atoms with Crippen LogP contribution in [0.15, 0.2) is 47.4 Å². The number of nitrogens with zero attached hydrogens (tertiary/aromatic N) is 3. The third-order valence-electron chi connectivity index (χ3n) is 4.91. The minimum atomic E-state index is -3.39. The monoisotopic (exact) mass is 499 g/mol. The van der Waals surface area contributed by atoms with Gasteiger partial charge in [-0.15, -0.1) is 0 Å². The molecule has 1 rings (SSSR count). The number of carboxylic acids is 2. The lowest BCUT2D eigenvalue weighted by atomic mass is 10.3. The molecule has 2 amide bonds. The Morgan fingerprint density at radius 1 is 0.912 bits per heavy atom. The summed E-state index contributed by atoms with van der Waals surface area (Å²) >= 11 is 0. The number of carbonyl (C=O) groups excluding carboxylic acids is 1. The van der Waals surface area contributed by atoms with Gasteiger partial charge in [-0.05, 0) is 39.1 Å². The summed E-state index contributed by atoms with van der Waals surface area (Å²) in [4.78, 5) is 37.7. The van der Waals surface area contributed by atoms with Crippen molar-refractivity contribution in [2.24, 2.45) is 0 Å². The number of urea groups is 1. The largest absolute Gasteiger partial charge is 0.478 e. The molecule has 11 heteroatoms. The summed E-state index contributed by atoms with van der Waals surface area (Å²) < 4.78 is 24.8. The summed E-state index contributed by atoms with van der Waals surface area (Å²) in [7, 11) is -1.73. The Morgan fingerprint density at radius 2 is 1.41 bits per heavy atom. The van der Waals surface area contributed by atoms with Gasteiger partial charge in [-0.2, -0.15) is 0 Å². The molecule has 10 nitrogen and oxygen atoms in total. The van der Waals surface area contributed by atoms with Crippen molar-refractivity contribution in [1.82, 2.24) is 14.7 Å². The van der Waals surface area contributed by atoms with Gasteiger partial charge in [0.1, 0.15) is 0 Å². The zero-order valence-corrected chi connectivity index (χ0v) is 21.4. The van der Waals surface area contributed by atoms with E-state index in [1.165, 1.54) is 4.90 Å². The van der Waals surface area contributed by atoms with E-state index in [2.05, 4.69) is 18.7 Å². The fourth-order valence-corrected chi connectivity index (χ4v) is 4.15. The van der Waals surface area contributed by atoms with E-state index < -0.39 is 21.8 Å². The number of hydrogen-bond acceptors (Lipinski definition) is 6. The molecule has 34 heavy (non-hydrogen) atoms. The van der Waals surface area contributed by atoms with E-state index in [-0.39, 0.29) is 24.4 Å². The molecule has 1 aromatic carbocycles. The Hall–Kier alpha value is -2.92. The summed E-state index contributed by atoms with van der Waals surface area (Å²) in [6.07, 6.45) is 1.12. The van der Waals surface area contributed by atoms with Crippen molar-refractivity contribution in [3.8, 4) is 0 Å². The molecule has 192 valence electrons. The summed E-state index contributed by atoms with van der Waals surface area (Å²) in [5.41, 5.74) is 0. The van der Waals surface area contributed by atoms with Crippen LogP contribution in [-0.2, 0) is 19.4 Å². The first-order chi connectivity index (χ1) is 15.8. The normalized spacial score (nSPS) is 11.3. The summed E-state index contributed by atoms with van der Waals surface area (Å²) in [5, 5.41) is 15.6. The fraction of sp³-hybridized carbons (Fsp3) is 0.522. The first-order valence-corrected chi connectivity index (χ1v) is 12.7. The minimum Gasteiger partial charge on any atom is -0.478 e. The molecule has 0 fully saturated rings. The molecule has 0 saturated carbocycles. The van der Waals surface area contributed by atoms with Crippen LogP contribution >= 0.6 is 0 Å². The molecule has 0 spiro atoms. The minimum absolute atomic E-state index is 0.0613. The standard InChI is InChI=1S/C19H33N3O3S.C4H4O4/c1-6-21(7-2)13-14-22(17(3)4)19(23)20(5)15-16-26(24,25)18-11-9-8-10-12-18;5-3(6)1-2-4(7)8/h8-12,17H,6-7,13-16H2,1-5H3;1-2H,(H,5,6)(H,7,8)/b;2-1-. The summed E-state index contributed by atoms with van der Waals surface area (Å²) in [6, 6.07) is 8.29. The van der Waals surface area contributed by atoms with Crippen LogP contribution in [0.3, 0.4) is 0 Å². The zero-order chi connectivity index (χ0) is 26.3. The Morgan fingerprint density at radius 3 is 1.82 bits per heavy atom. The SMILES string of the molecule is CCN(CC)CCN(C(=O)N(C)CCS(=O)(=O)c1ccccc1)C(C)C.O=C(O)/C=C\C(=O)O. The molecule has 0 aliphatic carbocycles. The maximum atomic E-state index is 12.8. The number of aliphatic carboxylic acids is 2. The molecule has 0 bridgehead atoms. The van der Waals surface area contributed by atoms with Gasteiger partial charge in [0.2, 0.25) is 0 Å². The molecular weight excluding hydrogens is 462 g/mol. The van der Waals surface area contributed by atoms with Gasteiger partial charge in [-0.3, -0.25) is 0 Å². The number of rotatable bonds is 12. The number of likely N-dealkylation sites (N-methyl/N-ethyl adjacent to an activating group) is 1. The highest BCUT2D eigenvalue weighted by atomic mass is 32.2. The second-order valence-corrected chi connectivity index (χ2v) is 9.77. The Bertz CT molecular complexity index is 882. The van der Waals surface area contributed by atoms with Crippen LogP contribution < -0.4 is 0 Å². The molecule has 0 aliphatic heterocycles. The summed E-state index contributed by atoms with van der Waals surface area (Å²) in [5.74, 6) is -2.60. The lowest BCUT2D eigenvalue weighted by molar-refractivity contribution is -0.134. The smallest absolute Gasteiger partial charge is 0.328 e. The molecular formula is C23H37N3O7S. The van der Waals surface area contributed by atoms with Crippen LogP contribution in [0.5, 0.6) is 0 Å². The molecule has 0 radical (unpaired) electrons. The number of sulfone groups is 1. The molecule has 0 heterocycles. The van der Waals surface area contributed by atoms with Gasteiger partial charge in [0.05, 0.1) is 10.6 Å². The summed E-state index contributed by atoms with van der Waals surface area (Å²) in [6.45, 7) is 11.7. The van der Waals surface area contributed by atoms with Gasteiger partial charge in [-0.1, -0.05) is 32.0 Å². The molecule has 0 aromatic heterocycles. The van der Waals surface area contributed by atoms with Crippen LogP contribution in [0.4, 0.5) is 4.79 Å². The third kappa shape index (κ3) is 12.4. The molecule has 0 atom stereocenters. The molecule has 0 unspecified atom stereocenters. The molecule has 0 saturated heterocycles. The highest BCUT2D eigenvalue weighted by Gasteiger charge is 2.23. The quantitative estimate of drug-likeness (QED) is 0.418. The molecule has 0 aliphatic rings. The van der Waals surface area contributed by atoms with E-state index >= 15 is 0 Å². The van der Waals surface area contributed by atoms with Crippen molar-refractivity contribution in [2.75, 3.05) is 45.5 Å². The number of amides is 2. The Labute approximate surface area is 202 Å². The highest BCUT2D eigenvalue weighted by molar-refractivity contribution is 7.91. The second-order valence-electron chi connectivity index (χ2n) is 7.66. The average Bonchev–Trinajstić information content (AvgIpc) is 2.79. The van der Waals surface area contributed by atoms with Crippen LogP contribution in [0, 0.1) is 0 Å². The molecule has 1 aromatic rings. The van der Waals surface area contributed by atoms with E-state index in [9.17, 15) is 22.8 Å². The van der Waals surface area contributed by atoms with Gasteiger partial charge < -0.3 is 24.9 Å². The van der Waals surface area contributed by atoms with Gasteiger partial charge in [0, 0.05) is 44.9 Å². The maximum Gasteiger partial charge on any atom is 0.328 e. The van der Waals surface area contributed by atoms with Crippen molar-refractivity contribution in [1.29, 1.82) is 0 Å². The van der Waals surface area contributed by atoms with Gasteiger partial charge in [0.25, 0.3) is 0 Å². The average molecular weight is 500 g/mol.